The van der Waals surface area contributed by atoms with E-state index >= 15 is 0 Å². The van der Waals surface area contributed by atoms with Crippen LogP contribution in [0.4, 0.5) is 5.69 Å². The summed E-state index contributed by atoms with van der Waals surface area (Å²) in [4.78, 5) is 2.03. The molecule has 1 fully saturated rings. The predicted molar refractivity (Wildman–Crippen MR) is 74.2 cm³/mol. The Morgan fingerprint density at radius 3 is 2.39 bits per heavy atom. The predicted octanol–water partition coefficient (Wildman–Crippen LogP) is 1.68. The van der Waals surface area contributed by atoms with Gasteiger partial charge in [0.1, 0.15) is 0 Å². The van der Waals surface area contributed by atoms with Gasteiger partial charge in [0.25, 0.3) is 0 Å². The van der Waals surface area contributed by atoms with Gasteiger partial charge in [0.05, 0.1) is 5.75 Å². The monoisotopic (exact) mass is 268 g/mol. The molecule has 1 aromatic rings. The average molecular weight is 268 g/mol. The summed E-state index contributed by atoms with van der Waals surface area (Å²) in [5.74, 6) is 0.294. The van der Waals surface area contributed by atoms with Crippen molar-refractivity contribution in [2.45, 2.75) is 19.4 Å². The van der Waals surface area contributed by atoms with Gasteiger partial charge >= 0.3 is 0 Å². The Balaban J connectivity index is 2.09. The molecule has 0 bridgehead atoms. The Labute approximate surface area is 109 Å². The van der Waals surface area contributed by atoms with Crippen LogP contribution in [0.25, 0.3) is 0 Å². The summed E-state index contributed by atoms with van der Waals surface area (Å²) in [6.45, 7) is 1.15. The van der Waals surface area contributed by atoms with E-state index in [-0.39, 0.29) is 0 Å². The molecule has 1 aliphatic rings. The van der Waals surface area contributed by atoms with Crippen LogP contribution in [0.1, 0.15) is 18.4 Å². The highest BCUT2D eigenvalue weighted by Gasteiger charge is 2.25. The third-order valence-electron chi connectivity index (χ3n) is 3.26. The van der Waals surface area contributed by atoms with Crippen molar-refractivity contribution in [2.75, 3.05) is 31.3 Å². The summed E-state index contributed by atoms with van der Waals surface area (Å²) in [5, 5.41) is 0. The Hall–Kier alpha value is -1.07. The van der Waals surface area contributed by atoms with Gasteiger partial charge in [-0.05, 0) is 30.5 Å². The van der Waals surface area contributed by atoms with Crippen LogP contribution in [0.15, 0.2) is 24.3 Å². The Morgan fingerprint density at radius 1 is 1.17 bits per heavy atom. The van der Waals surface area contributed by atoms with E-state index in [1.54, 1.807) is 4.31 Å². The smallest absolute Gasteiger partial charge is 0.214 e. The van der Waals surface area contributed by atoms with Crippen LogP contribution in [0.5, 0.6) is 0 Å². The zero-order valence-corrected chi connectivity index (χ0v) is 11.8. The van der Waals surface area contributed by atoms with Crippen molar-refractivity contribution in [3.8, 4) is 0 Å². The van der Waals surface area contributed by atoms with E-state index in [0.717, 1.165) is 24.1 Å². The maximum Gasteiger partial charge on any atom is 0.214 e. The third kappa shape index (κ3) is 3.03. The molecule has 5 heteroatoms. The molecule has 100 valence electrons. The van der Waals surface area contributed by atoms with Crippen LogP contribution in [0.2, 0.25) is 0 Å². The largest absolute Gasteiger partial charge is 0.378 e. The van der Waals surface area contributed by atoms with Gasteiger partial charge in [0, 0.05) is 32.9 Å². The zero-order chi connectivity index (χ0) is 13.2. The number of hydrogen-bond acceptors (Lipinski definition) is 3. The molecule has 4 nitrogen and oxygen atoms in total. The maximum atomic E-state index is 11.9. The van der Waals surface area contributed by atoms with E-state index in [4.69, 9.17) is 0 Å². The topological polar surface area (TPSA) is 40.6 Å². The minimum Gasteiger partial charge on any atom is -0.378 e. The first-order chi connectivity index (χ1) is 8.49. The fourth-order valence-electron chi connectivity index (χ4n) is 2.12. The Morgan fingerprint density at radius 2 is 1.83 bits per heavy atom. The number of nitrogens with zero attached hydrogens (tertiary/aromatic N) is 2. The first-order valence-electron chi connectivity index (χ1n) is 6.23. The highest BCUT2D eigenvalue weighted by atomic mass is 32.2. The number of hydrogen-bond donors (Lipinski definition) is 0. The lowest BCUT2D eigenvalue weighted by Crippen LogP contribution is -2.37. The van der Waals surface area contributed by atoms with Crippen LogP contribution in [-0.4, -0.2) is 39.1 Å². The minimum absolute atomic E-state index is 0.294. The standard InChI is InChI=1S/C13H20N2O2S/c1-14(2)13-7-5-12(6-8-13)11-15-9-3-4-10-18(15,16)17/h5-8H,3-4,9-11H2,1-2H3. The fourth-order valence-corrected chi connectivity index (χ4v) is 3.70. The Bertz CT molecular complexity index is 494. The van der Waals surface area contributed by atoms with Crippen LogP contribution in [0, 0.1) is 0 Å². The van der Waals surface area contributed by atoms with Gasteiger partial charge in [0.2, 0.25) is 10.0 Å². The lowest BCUT2D eigenvalue weighted by molar-refractivity contribution is 0.378. The van der Waals surface area contributed by atoms with Crippen molar-refractivity contribution in [2.24, 2.45) is 0 Å². The molecule has 0 aliphatic carbocycles. The van der Waals surface area contributed by atoms with E-state index in [0.29, 0.717) is 18.8 Å². The molecule has 0 saturated carbocycles. The van der Waals surface area contributed by atoms with E-state index in [1.165, 1.54) is 0 Å². The number of sulfonamides is 1. The highest BCUT2D eigenvalue weighted by molar-refractivity contribution is 7.89. The SMILES string of the molecule is CN(C)c1ccc(CN2CCCCS2(=O)=O)cc1. The van der Waals surface area contributed by atoms with E-state index in [2.05, 4.69) is 0 Å². The molecular weight excluding hydrogens is 248 g/mol. The van der Waals surface area contributed by atoms with Crippen LogP contribution in [0.3, 0.4) is 0 Å². The molecule has 0 aromatic heterocycles. The summed E-state index contributed by atoms with van der Waals surface area (Å²) in [6, 6.07) is 8.04. The van der Waals surface area contributed by atoms with E-state index in [1.807, 2.05) is 43.3 Å². The molecule has 0 N–H and O–H groups in total. The second kappa shape index (κ2) is 5.28. The van der Waals surface area contributed by atoms with Crippen LogP contribution < -0.4 is 4.90 Å². The van der Waals surface area contributed by atoms with Crippen molar-refractivity contribution in [3.63, 3.8) is 0 Å². The summed E-state index contributed by atoms with van der Waals surface area (Å²) >= 11 is 0. The molecule has 0 spiro atoms. The zero-order valence-electron chi connectivity index (χ0n) is 11.0. The molecule has 2 rings (SSSR count). The van der Waals surface area contributed by atoms with Gasteiger partial charge < -0.3 is 4.90 Å². The second-order valence-corrected chi connectivity index (χ2v) is 7.01. The fraction of sp³-hybridized carbons (Fsp3) is 0.538. The van der Waals surface area contributed by atoms with Crippen molar-refractivity contribution < 1.29 is 8.42 Å². The lowest BCUT2D eigenvalue weighted by Gasteiger charge is -2.26. The molecule has 18 heavy (non-hydrogen) atoms. The first-order valence-corrected chi connectivity index (χ1v) is 7.84. The summed E-state index contributed by atoms with van der Waals surface area (Å²) in [7, 11) is 0.955. The number of rotatable bonds is 3. The number of benzene rings is 1. The Kier molecular flexibility index (Phi) is 3.92. The molecule has 1 saturated heterocycles. The van der Waals surface area contributed by atoms with Crippen LogP contribution >= 0.6 is 0 Å². The van der Waals surface area contributed by atoms with Gasteiger partial charge in [-0.25, -0.2) is 8.42 Å². The summed E-state index contributed by atoms with van der Waals surface area (Å²) in [6.07, 6.45) is 1.76. The normalized spacial score (nSPS) is 19.7. The minimum atomic E-state index is -3.03. The van der Waals surface area contributed by atoms with Crippen molar-refractivity contribution in [3.05, 3.63) is 29.8 Å². The van der Waals surface area contributed by atoms with Gasteiger partial charge in [-0.2, -0.15) is 4.31 Å². The van der Waals surface area contributed by atoms with Crippen molar-refractivity contribution in [1.29, 1.82) is 0 Å². The molecule has 0 unspecified atom stereocenters. The molecule has 0 atom stereocenters. The molecular formula is C13H20N2O2S. The van der Waals surface area contributed by atoms with E-state index in [9.17, 15) is 8.42 Å². The van der Waals surface area contributed by atoms with Gasteiger partial charge in [-0.15, -0.1) is 0 Å². The van der Waals surface area contributed by atoms with Crippen LogP contribution in [-0.2, 0) is 16.6 Å². The lowest BCUT2D eigenvalue weighted by atomic mass is 10.2. The summed E-state index contributed by atoms with van der Waals surface area (Å²) < 4.78 is 25.4. The second-order valence-electron chi connectivity index (χ2n) is 4.92. The molecule has 1 heterocycles. The molecule has 1 aliphatic heterocycles. The quantitative estimate of drug-likeness (QED) is 0.837. The third-order valence-corrected chi connectivity index (χ3v) is 5.17. The molecule has 1 aromatic carbocycles. The number of anilines is 1. The molecule has 0 amide bonds. The first kappa shape index (κ1) is 13.4. The highest BCUT2D eigenvalue weighted by Crippen LogP contribution is 2.19. The van der Waals surface area contributed by atoms with E-state index < -0.39 is 10.0 Å². The molecule has 0 radical (unpaired) electrons. The van der Waals surface area contributed by atoms with Crippen molar-refractivity contribution >= 4 is 15.7 Å². The average Bonchev–Trinajstić information content (AvgIpc) is 2.32. The van der Waals surface area contributed by atoms with Crippen molar-refractivity contribution in [1.82, 2.24) is 4.31 Å². The van der Waals surface area contributed by atoms with Gasteiger partial charge in [-0.1, -0.05) is 12.1 Å². The van der Waals surface area contributed by atoms with Gasteiger partial charge in [-0.3, -0.25) is 0 Å². The van der Waals surface area contributed by atoms with Gasteiger partial charge in [0.15, 0.2) is 0 Å². The summed E-state index contributed by atoms with van der Waals surface area (Å²) in [5.41, 5.74) is 2.17. The maximum absolute atomic E-state index is 11.9.